The number of carboxylic acid groups (broad SMARTS) is 1. The van der Waals surface area contributed by atoms with Gasteiger partial charge >= 0.3 is 12.3 Å². The van der Waals surface area contributed by atoms with Gasteiger partial charge in [0, 0.05) is 17.7 Å². The van der Waals surface area contributed by atoms with Gasteiger partial charge in [0.25, 0.3) is 0 Å². The number of carbonyl (C=O) groups is 1. The van der Waals surface area contributed by atoms with Gasteiger partial charge in [-0.15, -0.1) is 0 Å². The average molecular weight is 343 g/mol. The third kappa shape index (κ3) is 2.93. The Labute approximate surface area is 134 Å². The second-order valence-corrected chi connectivity index (χ2v) is 5.47. The Bertz CT molecular complexity index is 786. The van der Waals surface area contributed by atoms with Crippen LogP contribution < -0.4 is 0 Å². The van der Waals surface area contributed by atoms with Crippen molar-refractivity contribution in [3.63, 3.8) is 0 Å². The number of benzene rings is 1. The van der Waals surface area contributed by atoms with Gasteiger partial charge in [0.1, 0.15) is 5.82 Å². The fourth-order valence-corrected chi connectivity index (χ4v) is 2.79. The van der Waals surface area contributed by atoms with Crippen LogP contribution in [0.2, 0.25) is 0 Å². The first-order valence-electron chi connectivity index (χ1n) is 7.14. The van der Waals surface area contributed by atoms with Gasteiger partial charge in [-0.3, -0.25) is 4.68 Å². The number of fused-ring (bicyclic) bond motifs is 1. The van der Waals surface area contributed by atoms with Crippen LogP contribution >= 0.6 is 0 Å². The molecule has 9 heteroatoms. The van der Waals surface area contributed by atoms with E-state index in [0.717, 1.165) is 9.58 Å². The molecule has 1 aromatic heterocycles. The standard InChI is InChI=1S/C15H13F4N3O2/c16-11-4-2-1-3-9(11)7-22-12-8-21(14(23)24)6-5-10(12)13(20-22)15(17,18)19/h1-4H,5-8H2,(H,23,24). The molecule has 0 radical (unpaired) electrons. The molecule has 0 fully saturated rings. The lowest BCUT2D eigenvalue weighted by molar-refractivity contribution is -0.142. The summed E-state index contributed by atoms with van der Waals surface area (Å²) in [6, 6.07) is 5.71. The lowest BCUT2D eigenvalue weighted by atomic mass is 10.0. The van der Waals surface area contributed by atoms with Gasteiger partial charge in [0.05, 0.1) is 18.8 Å². The topological polar surface area (TPSA) is 58.4 Å². The number of aromatic nitrogens is 2. The summed E-state index contributed by atoms with van der Waals surface area (Å²) >= 11 is 0. The highest BCUT2D eigenvalue weighted by Gasteiger charge is 2.40. The van der Waals surface area contributed by atoms with E-state index in [2.05, 4.69) is 5.10 Å². The first-order valence-corrected chi connectivity index (χ1v) is 7.14. The zero-order valence-corrected chi connectivity index (χ0v) is 12.3. The molecule has 1 aliphatic rings. The summed E-state index contributed by atoms with van der Waals surface area (Å²) in [4.78, 5) is 12.1. The lowest BCUT2D eigenvalue weighted by Crippen LogP contribution is -2.36. The maximum absolute atomic E-state index is 13.8. The van der Waals surface area contributed by atoms with Gasteiger partial charge < -0.3 is 10.0 Å². The van der Waals surface area contributed by atoms with E-state index in [-0.39, 0.29) is 42.9 Å². The molecule has 2 aromatic rings. The van der Waals surface area contributed by atoms with Gasteiger partial charge in [0.2, 0.25) is 0 Å². The van der Waals surface area contributed by atoms with Gasteiger partial charge in [-0.1, -0.05) is 18.2 Å². The van der Waals surface area contributed by atoms with Crippen LogP contribution in [0.4, 0.5) is 22.4 Å². The minimum atomic E-state index is -4.64. The van der Waals surface area contributed by atoms with Gasteiger partial charge in [-0.25, -0.2) is 9.18 Å². The molecule has 0 spiro atoms. The Balaban J connectivity index is 2.04. The Morgan fingerprint density at radius 1 is 1.29 bits per heavy atom. The van der Waals surface area contributed by atoms with E-state index in [1.54, 1.807) is 6.07 Å². The second kappa shape index (κ2) is 5.81. The van der Waals surface area contributed by atoms with Crippen LogP contribution in [0.25, 0.3) is 0 Å². The molecule has 2 heterocycles. The van der Waals surface area contributed by atoms with Crippen molar-refractivity contribution < 1.29 is 27.5 Å². The normalized spacial score (nSPS) is 14.6. The fourth-order valence-electron chi connectivity index (χ4n) is 2.79. The number of hydrogen-bond donors (Lipinski definition) is 1. The van der Waals surface area contributed by atoms with Crippen molar-refractivity contribution in [1.29, 1.82) is 0 Å². The Kier molecular flexibility index (Phi) is 3.94. The maximum atomic E-state index is 13.8. The van der Waals surface area contributed by atoms with Crippen LogP contribution in [-0.4, -0.2) is 32.4 Å². The number of amides is 1. The molecule has 5 nitrogen and oxygen atoms in total. The van der Waals surface area contributed by atoms with E-state index in [1.165, 1.54) is 18.2 Å². The lowest BCUT2D eigenvalue weighted by Gasteiger charge is -2.25. The van der Waals surface area contributed by atoms with Gasteiger partial charge in [-0.2, -0.15) is 18.3 Å². The van der Waals surface area contributed by atoms with Crippen LogP contribution in [0.3, 0.4) is 0 Å². The van der Waals surface area contributed by atoms with Crippen LogP contribution in [0.15, 0.2) is 24.3 Å². The minimum Gasteiger partial charge on any atom is -0.465 e. The number of rotatable bonds is 2. The van der Waals surface area contributed by atoms with Crippen molar-refractivity contribution in [2.45, 2.75) is 25.7 Å². The third-order valence-electron chi connectivity index (χ3n) is 3.96. The molecular formula is C15H13F4N3O2. The molecule has 24 heavy (non-hydrogen) atoms. The predicted octanol–water partition coefficient (Wildman–Crippen LogP) is 3.13. The SMILES string of the molecule is O=C(O)N1CCc2c(C(F)(F)F)nn(Cc3ccccc3F)c2C1. The molecule has 128 valence electrons. The Morgan fingerprint density at radius 3 is 2.62 bits per heavy atom. The summed E-state index contributed by atoms with van der Waals surface area (Å²) in [6.07, 6.45) is -5.93. The summed E-state index contributed by atoms with van der Waals surface area (Å²) in [7, 11) is 0. The highest BCUT2D eigenvalue weighted by molar-refractivity contribution is 5.65. The summed E-state index contributed by atoms with van der Waals surface area (Å²) in [5.74, 6) is -0.554. The molecule has 1 aromatic carbocycles. The van der Waals surface area contributed by atoms with Gasteiger partial charge in [0.15, 0.2) is 5.69 Å². The van der Waals surface area contributed by atoms with E-state index in [1.807, 2.05) is 0 Å². The highest BCUT2D eigenvalue weighted by Crippen LogP contribution is 2.35. The molecule has 0 unspecified atom stereocenters. The minimum absolute atomic E-state index is 0.0173. The van der Waals surface area contributed by atoms with Crippen molar-refractivity contribution in [3.8, 4) is 0 Å². The third-order valence-corrected chi connectivity index (χ3v) is 3.96. The number of nitrogens with zero attached hydrogens (tertiary/aromatic N) is 3. The van der Waals surface area contributed by atoms with Crippen molar-refractivity contribution in [2.24, 2.45) is 0 Å². The van der Waals surface area contributed by atoms with Crippen LogP contribution in [-0.2, 0) is 25.7 Å². The molecule has 0 saturated heterocycles. The summed E-state index contributed by atoms with van der Waals surface area (Å²) in [5.41, 5.74) is -0.710. The molecule has 1 aliphatic heterocycles. The number of halogens is 4. The predicted molar refractivity (Wildman–Crippen MR) is 74.9 cm³/mol. The van der Waals surface area contributed by atoms with Crippen LogP contribution in [0.1, 0.15) is 22.5 Å². The summed E-state index contributed by atoms with van der Waals surface area (Å²) in [5, 5.41) is 12.7. The zero-order chi connectivity index (χ0) is 17.5. The second-order valence-electron chi connectivity index (χ2n) is 5.47. The van der Waals surface area contributed by atoms with E-state index < -0.39 is 23.8 Å². The fraction of sp³-hybridized carbons (Fsp3) is 0.333. The smallest absolute Gasteiger partial charge is 0.435 e. The molecular weight excluding hydrogens is 330 g/mol. The monoisotopic (exact) mass is 343 g/mol. The number of alkyl halides is 3. The zero-order valence-electron chi connectivity index (χ0n) is 12.3. The highest BCUT2D eigenvalue weighted by atomic mass is 19.4. The molecule has 0 bridgehead atoms. The quantitative estimate of drug-likeness (QED) is 0.853. The summed E-state index contributed by atoms with van der Waals surface area (Å²) < 4.78 is 54.4. The maximum Gasteiger partial charge on any atom is 0.435 e. The molecule has 1 amide bonds. The molecule has 3 rings (SSSR count). The van der Waals surface area contributed by atoms with Crippen LogP contribution in [0.5, 0.6) is 0 Å². The van der Waals surface area contributed by atoms with E-state index in [0.29, 0.717) is 0 Å². The van der Waals surface area contributed by atoms with Crippen molar-refractivity contribution in [1.82, 2.24) is 14.7 Å². The van der Waals surface area contributed by atoms with Crippen molar-refractivity contribution in [2.75, 3.05) is 6.54 Å². The largest absolute Gasteiger partial charge is 0.465 e. The van der Waals surface area contributed by atoms with Crippen LogP contribution in [0, 0.1) is 5.82 Å². The first-order chi connectivity index (χ1) is 11.3. The summed E-state index contributed by atoms with van der Waals surface area (Å²) in [6.45, 7) is -0.433. The van der Waals surface area contributed by atoms with Crippen molar-refractivity contribution >= 4 is 6.09 Å². The Morgan fingerprint density at radius 2 is 2.00 bits per heavy atom. The average Bonchev–Trinajstić information content (AvgIpc) is 2.88. The number of hydrogen-bond acceptors (Lipinski definition) is 2. The Hall–Kier alpha value is -2.58. The van der Waals surface area contributed by atoms with Gasteiger partial charge in [-0.05, 0) is 12.5 Å². The molecule has 1 N–H and O–H groups in total. The first kappa shape index (κ1) is 16.3. The van der Waals surface area contributed by atoms with E-state index in [4.69, 9.17) is 5.11 Å². The van der Waals surface area contributed by atoms with E-state index >= 15 is 0 Å². The van der Waals surface area contributed by atoms with Crippen molar-refractivity contribution in [3.05, 3.63) is 52.6 Å². The molecule has 0 saturated carbocycles. The molecule has 0 aliphatic carbocycles. The molecule has 0 atom stereocenters. The van der Waals surface area contributed by atoms with E-state index in [9.17, 15) is 22.4 Å².